The van der Waals surface area contributed by atoms with Crippen molar-refractivity contribution in [3.8, 4) is 5.75 Å². The van der Waals surface area contributed by atoms with Gasteiger partial charge in [-0.15, -0.1) is 0 Å². The summed E-state index contributed by atoms with van der Waals surface area (Å²) in [6, 6.07) is 4.48. The number of anilines is 1. The normalized spacial score (nSPS) is 10.3. The molecule has 0 aliphatic rings. The van der Waals surface area contributed by atoms with E-state index in [9.17, 15) is 4.39 Å². The molecule has 1 aromatic rings. The van der Waals surface area contributed by atoms with Crippen molar-refractivity contribution in [2.45, 2.75) is 19.3 Å². The molecule has 1 rings (SSSR count). The molecule has 0 radical (unpaired) electrons. The number of unbranched alkanes of at least 4 members (excludes halogenated alkanes) is 2. The SMILES string of the molecule is NCCCCCOc1ccc(N)c(F)c1. The number of nitrogens with two attached hydrogens (primary N) is 2. The van der Waals surface area contributed by atoms with E-state index >= 15 is 0 Å². The van der Waals surface area contributed by atoms with E-state index in [4.69, 9.17) is 16.2 Å². The van der Waals surface area contributed by atoms with Crippen molar-refractivity contribution in [2.75, 3.05) is 18.9 Å². The minimum Gasteiger partial charge on any atom is -0.493 e. The summed E-state index contributed by atoms with van der Waals surface area (Å²) in [5, 5.41) is 0. The zero-order valence-corrected chi connectivity index (χ0v) is 8.71. The molecule has 0 fully saturated rings. The second-order valence-electron chi connectivity index (χ2n) is 3.38. The standard InChI is InChI=1S/C11H17FN2O/c12-10-8-9(4-5-11(10)14)15-7-3-1-2-6-13/h4-5,8H,1-3,6-7,13-14H2. The number of rotatable bonds is 6. The summed E-state index contributed by atoms with van der Waals surface area (Å²) in [6.07, 6.45) is 2.97. The molecule has 0 heterocycles. The van der Waals surface area contributed by atoms with Gasteiger partial charge in [0.2, 0.25) is 0 Å². The molecule has 15 heavy (non-hydrogen) atoms. The Morgan fingerprint density at radius 1 is 1.20 bits per heavy atom. The van der Waals surface area contributed by atoms with Gasteiger partial charge in [0.15, 0.2) is 0 Å². The predicted molar refractivity (Wildman–Crippen MR) is 59.2 cm³/mol. The Kier molecular flexibility index (Phi) is 4.90. The van der Waals surface area contributed by atoms with Gasteiger partial charge in [-0.1, -0.05) is 0 Å². The Balaban J connectivity index is 2.28. The number of hydrogen-bond donors (Lipinski definition) is 2. The molecule has 0 unspecified atom stereocenters. The third-order valence-corrected chi connectivity index (χ3v) is 2.09. The van der Waals surface area contributed by atoms with Gasteiger partial charge in [-0.2, -0.15) is 0 Å². The molecule has 0 bridgehead atoms. The van der Waals surface area contributed by atoms with Gasteiger partial charge in [-0.25, -0.2) is 4.39 Å². The number of halogens is 1. The summed E-state index contributed by atoms with van der Waals surface area (Å²) in [5.41, 5.74) is 10.8. The van der Waals surface area contributed by atoms with E-state index in [-0.39, 0.29) is 5.69 Å². The smallest absolute Gasteiger partial charge is 0.149 e. The van der Waals surface area contributed by atoms with E-state index in [2.05, 4.69) is 0 Å². The molecule has 84 valence electrons. The van der Waals surface area contributed by atoms with Crippen molar-refractivity contribution in [3.63, 3.8) is 0 Å². The Morgan fingerprint density at radius 2 is 2.00 bits per heavy atom. The molecule has 0 atom stereocenters. The van der Waals surface area contributed by atoms with Crippen LogP contribution in [0.4, 0.5) is 10.1 Å². The van der Waals surface area contributed by atoms with Crippen molar-refractivity contribution in [1.29, 1.82) is 0 Å². The first-order valence-corrected chi connectivity index (χ1v) is 5.12. The van der Waals surface area contributed by atoms with Gasteiger partial charge in [-0.3, -0.25) is 0 Å². The van der Waals surface area contributed by atoms with Crippen molar-refractivity contribution in [2.24, 2.45) is 5.73 Å². The fourth-order valence-electron chi connectivity index (χ4n) is 1.21. The molecule has 3 nitrogen and oxygen atoms in total. The molecule has 0 spiro atoms. The first kappa shape index (κ1) is 11.8. The van der Waals surface area contributed by atoms with Crippen molar-refractivity contribution in [1.82, 2.24) is 0 Å². The molecule has 0 aromatic heterocycles. The topological polar surface area (TPSA) is 61.3 Å². The van der Waals surface area contributed by atoms with E-state index in [0.29, 0.717) is 18.9 Å². The highest BCUT2D eigenvalue weighted by Gasteiger charge is 2.00. The first-order chi connectivity index (χ1) is 7.24. The Morgan fingerprint density at radius 3 is 2.67 bits per heavy atom. The van der Waals surface area contributed by atoms with Crippen molar-refractivity contribution >= 4 is 5.69 Å². The van der Waals surface area contributed by atoms with E-state index in [1.807, 2.05) is 0 Å². The number of benzene rings is 1. The lowest BCUT2D eigenvalue weighted by Gasteiger charge is -2.06. The van der Waals surface area contributed by atoms with Gasteiger partial charge >= 0.3 is 0 Å². The first-order valence-electron chi connectivity index (χ1n) is 5.12. The summed E-state index contributed by atoms with van der Waals surface area (Å²) in [4.78, 5) is 0. The number of nitrogen functional groups attached to an aromatic ring is 1. The molecule has 4 heteroatoms. The van der Waals surface area contributed by atoms with Gasteiger partial charge in [0.1, 0.15) is 11.6 Å². The highest BCUT2D eigenvalue weighted by molar-refractivity contribution is 5.43. The van der Waals surface area contributed by atoms with Gasteiger partial charge in [0.05, 0.1) is 12.3 Å². The van der Waals surface area contributed by atoms with Crippen LogP contribution in [0.3, 0.4) is 0 Å². The molecule has 0 saturated heterocycles. The van der Waals surface area contributed by atoms with Crippen LogP contribution >= 0.6 is 0 Å². The summed E-state index contributed by atoms with van der Waals surface area (Å²) in [6.45, 7) is 1.29. The van der Waals surface area contributed by atoms with Crippen LogP contribution < -0.4 is 16.2 Å². The Hall–Kier alpha value is -1.29. The van der Waals surface area contributed by atoms with E-state index in [0.717, 1.165) is 19.3 Å². The lowest BCUT2D eigenvalue weighted by molar-refractivity contribution is 0.304. The molecular formula is C11H17FN2O. The van der Waals surface area contributed by atoms with Gasteiger partial charge in [0, 0.05) is 6.07 Å². The van der Waals surface area contributed by atoms with Crippen LogP contribution in [0.15, 0.2) is 18.2 Å². The minimum atomic E-state index is -0.436. The maximum absolute atomic E-state index is 13.0. The molecule has 0 aliphatic carbocycles. The average molecular weight is 212 g/mol. The summed E-state index contributed by atoms with van der Waals surface area (Å²) in [5.74, 6) is 0.0870. The molecule has 0 saturated carbocycles. The summed E-state index contributed by atoms with van der Waals surface area (Å²) < 4.78 is 18.3. The minimum absolute atomic E-state index is 0.144. The predicted octanol–water partition coefficient (Wildman–Crippen LogP) is 1.92. The summed E-state index contributed by atoms with van der Waals surface area (Å²) >= 11 is 0. The van der Waals surface area contributed by atoms with E-state index < -0.39 is 5.82 Å². The van der Waals surface area contributed by atoms with Crippen molar-refractivity contribution in [3.05, 3.63) is 24.0 Å². The highest BCUT2D eigenvalue weighted by atomic mass is 19.1. The molecule has 0 aliphatic heterocycles. The van der Waals surface area contributed by atoms with Crippen LogP contribution in [-0.4, -0.2) is 13.2 Å². The fraction of sp³-hybridized carbons (Fsp3) is 0.455. The molecular weight excluding hydrogens is 195 g/mol. The van der Waals surface area contributed by atoms with Crippen LogP contribution in [0.25, 0.3) is 0 Å². The maximum Gasteiger partial charge on any atom is 0.149 e. The van der Waals surface area contributed by atoms with Crippen LogP contribution in [0.5, 0.6) is 5.75 Å². The molecule has 1 aromatic carbocycles. The monoisotopic (exact) mass is 212 g/mol. The van der Waals surface area contributed by atoms with Gasteiger partial charge in [-0.05, 0) is 37.9 Å². The maximum atomic E-state index is 13.0. The second kappa shape index (κ2) is 6.24. The van der Waals surface area contributed by atoms with Crippen LogP contribution in [-0.2, 0) is 0 Å². The molecule has 0 amide bonds. The van der Waals surface area contributed by atoms with Crippen LogP contribution in [0, 0.1) is 5.82 Å². The lowest BCUT2D eigenvalue weighted by atomic mass is 10.2. The summed E-state index contributed by atoms with van der Waals surface area (Å²) in [7, 11) is 0. The Bertz CT molecular complexity index is 305. The quantitative estimate of drug-likeness (QED) is 0.559. The second-order valence-corrected chi connectivity index (χ2v) is 3.38. The van der Waals surface area contributed by atoms with Gasteiger partial charge < -0.3 is 16.2 Å². The Labute approximate surface area is 89.2 Å². The largest absolute Gasteiger partial charge is 0.493 e. The highest BCUT2D eigenvalue weighted by Crippen LogP contribution is 2.18. The lowest BCUT2D eigenvalue weighted by Crippen LogP contribution is -2.02. The van der Waals surface area contributed by atoms with Crippen LogP contribution in [0.2, 0.25) is 0 Å². The number of ether oxygens (including phenoxy) is 1. The van der Waals surface area contributed by atoms with Crippen molar-refractivity contribution < 1.29 is 9.13 Å². The number of hydrogen-bond acceptors (Lipinski definition) is 3. The third kappa shape index (κ3) is 4.16. The zero-order chi connectivity index (χ0) is 11.1. The third-order valence-electron chi connectivity index (χ3n) is 2.09. The fourth-order valence-corrected chi connectivity index (χ4v) is 1.21. The average Bonchev–Trinajstić information content (AvgIpc) is 2.23. The molecule has 4 N–H and O–H groups in total. The van der Waals surface area contributed by atoms with Crippen LogP contribution in [0.1, 0.15) is 19.3 Å². The van der Waals surface area contributed by atoms with E-state index in [1.54, 1.807) is 6.07 Å². The zero-order valence-electron chi connectivity index (χ0n) is 8.71. The van der Waals surface area contributed by atoms with E-state index in [1.165, 1.54) is 12.1 Å². The van der Waals surface area contributed by atoms with Gasteiger partial charge in [0.25, 0.3) is 0 Å².